The highest BCUT2D eigenvalue weighted by Gasteiger charge is 2.33. The minimum Gasteiger partial charge on any atom is -0.409 e. The Hall–Kier alpha value is -2.08. The Kier molecular flexibility index (Phi) is 2.74. The lowest BCUT2D eigenvalue weighted by Gasteiger charge is -2.06. The summed E-state index contributed by atoms with van der Waals surface area (Å²) in [5.41, 5.74) is 3.09. The lowest BCUT2D eigenvalue weighted by atomic mass is 9.99. The van der Waals surface area contributed by atoms with E-state index in [9.17, 15) is 9.59 Å². The number of hydrogen-bond donors (Lipinski definition) is 1. The highest BCUT2D eigenvalue weighted by molar-refractivity contribution is 6.09. The number of benzene rings is 1. The van der Waals surface area contributed by atoms with Gasteiger partial charge in [0.15, 0.2) is 0 Å². The highest BCUT2D eigenvalue weighted by Crippen LogP contribution is 2.25. The fraction of sp³-hybridized carbons (Fsp3) is 0.200. The van der Waals surface area contributed by atoms with Gasteiger partial charge in [0.25, 0.3) is 11.8 Å². The molecule has 0 fully saturated rings. The van der Waals surface area contributed by atoms with Gasteiger partial charge in [-0.05, 0) is 17.7 Å². The minimum atomic E-state index is -0.886. The predicted molar refractivity (Wildman–Crippen MR) is 53.7 cm³/mol. The van der Waals surface area contributed by atoms with Crippen LogP contribution in [0.15, 0.2) is 34.5 Å². The summed E-state index contributed by atoms with van der Waals surface area (Å²) in [5, 5.41) is 6.45. The van der Waals surface area contributed by atoms with E-state index in [-0.39, 0.29) is 0 Å². The Labute approximate surface area is 91.3 Å². The molecule has 6 heteroatoms. The van der Waals surface area contributed by atoms with Gasteiger partial charge >= 0.3 is 0 Å². The molecular formula is C10H9N3O3. The molecule has 0 aromatic heterocycles. The van der Waals surface area contributed by atoms with Crippen LogP contribution in [-0.4, -0.2) is 18.9 Å². The van der Waals surface area contributed by atoms with Crippen LogP contribution >= 0.6 is 0 Å². The molecule has 1 heterocycles. The third-order valence-corrected chi connectivity index (χ3v) is 2.17. The maximum atomic E-state index is 11.3. The first-order valence-electron chi connectivity index (χ1n) is 4.65. The van der Waals surface area contributed by atoms with E-state index < -0.39 is 17.7 Å². The molecule has 0 aliphatic carbocycles. The summed E-state index contributed by atoms with van der Waals surface area (Å²) in [7, 11) is 1.63. The van der Waals surface area contributed by atoms with Crippen molar-refractivity contribution < 1.29 is 14.4 Å². The normalized spacial score (nSPS) is 15.8. The average Bonchev–Trinajstić information content (AvgIpc) is 2.61. The number of amides is 2. The molecule has 0 saturated heterocycles. The fourth-order valence-electron chi connectivity index (χ4n) is 1.45. The first kappa shape index (κ1) is 10.4. The molecule has 2 amide bonds. The number of rotatable bonds is 3. The Morgan fingerprint density at radius 1 is 1.12 bits per heavy atom. The van der Waals surface area contributed by atoms with Crippen molar-refractivity contribution in [3.05, 3.63) is 29.8 Å². The van der Waals surface area contributed by atoms with Crippen molar-refractivity contribution in [1.82, 2.24) is 5.48 Å². The van der Waals surface area contributed by atoms with Gasteiger partial charge in [0.05, 0.1) is 0 Å². The van der Waals surface area contributed by atoms with Crippen LogP contribution in [0.2, 0.25) is 0 Å². The second-order valence-electron chi connectivity index (χ2n) is 3.18. The van der Waals surface area contributed by atoms with Gasteiger partial charge in [-0.25, -0.2) is 0 Å². The van der Waals surface area contributed by atoms with Crippen LogP contribution in [0.25, 0.3) is 0 Å². The van der Waals surface area contributed by atoms with Crippen molar-refractivity contribution in [2.45, 2.75) is 5.92 Å². The van der Waals surface area contributed by atoms with Crippen molar-refractivity contribution in [2.24, 2.45) is 10.2 Å². The number of azo groups is 1. The molecule has 0 atom stereocenters. The van der Waals surface area contributed by atoms with Gasteiger partial charge in [-0.1, -0.05) is 12.1 Å². The van der Waals surface area contributed by atoms with Gasteiger partial charge in [-0.3, -0.25) is 9.59 Å². The van der Waals surface area contributed by atoms with Gasteiger partial charge in [0.2, 0.25) is 0 Å². The first-order chi connectivity index (χ1) is 7.72. The second-order valence-corrected chi connectivity index (χ2v) is 3.18. The number of hydrogen-bond acceptors (Lipinski definition) is 4. The monoisotopic (exact) mass is 219 g/mol. The Morgan fingerprint density at radius 3 is 2.19 bits per heavy atom. The molecule has 6 nitrogen and oxygen atoms in total. The topological polar surface area (TPSA) is 80.1 Å². The number of nitrogens with one attached hydrogen (secondary N) is 1. The Bertz CT molecular complexity index is 435. The van der Waals surface area contributed by atoms with Gasteiger partial charge < -0.3 is 4.84 Å². The van der Waals surface area contributed by atoms with E-state index in [1.54, 1.807) is 31.3 Å². The fourth-order valence-corrected chi connectivity index (χ4v) is 1.45. The van der Waals surface area contributed by atoms with Crippen LogP contribution in [0, 0.1) is 0 Å². The van der Waals surface area contributed by atoms with E-state index in [0.717, 1.165) is 0 Å². The van der Waals surface area contributed by atoms with Crippen LogP contribution in [0.5, 0.6) is 5.75 Å². The molecule has 0 spiro atoms. The molecule has 16 heavy (non-hydrogen) atoms. The zero-order chi connectivity index (χ0) is 11.5. The molecule has 1 aliphatic heterocycles. The Balaban J connectivity index is 2.22. The summed E-state index contributed by atoms with van der Waals surface area (Å²) < 4.78 is 0. The zero-order valence-electron chi connectivity index (χ0n) is 8.51. The van der Waals surface area contributed by atoms with Gasteiger partial charge in [-0.15, -0.1) is 10.2 Å². The number of carbonyl (C=O) groups is 2. The molecule has 1 aromatic rings. The maximum absolute atomic E-state index is 11.3. The molecule has 0 saturated carbocycles. The maximum Gasteiger partial charge on any atom is 0.281 e. The van der Waals surface area contributed by atoms with Crippen LogP contribution in [0.4, 0.5) is 0 Å². The van der Waals surface area contributed by atoms with E-state index in [0.29, 0.717) is 11.3 Å². The summed E-state index contributed by atoms with van der Waals surface area (Å²) in [6.07, 6.45) is 0. The quantitative estimate of drug-likeness (QED) is 0.602. The van der Waals surface area contributed by atoms with Crippen LogP contribution < -0.4 is 10.3 Å². The van der Waals surface area contributed by atoms with E-state index >= 15 is 0 Å². The molecule has 82 valence electrons. The number of hydroxylamine groups is 1. The summed E-state index contributed by atoms with van der Waals surface area (Å²) in [4.78, 5) is 27.6. The number of nitrogens with zero attached hydrogens (tertiary/aromatic N) is 2. The van der Waals surface area contributed by atoms with E-state index in [4.69, 9.17) is 4.84 Å². The molecule has 2 rings (SSSR count). The molecule has 0 bridgehead atoms. The average molecular weight is 219 g/mol. The largest absolute Gasteiger partial charge is 0.409 e. The lowest BCUT2D eigenvalue weighted by molar-refractivity contribution is -0.124. The molecule has 1 N–H and O–H groups in total. The summed E-state index contributed by atoms with van der Waals surface area (Å²) in [6.45, 7) is 0. The smallest absolute Gasteiger partial charge is 0.281 e. The van der Waals surface area contributed by atoms with E-state index in [1.165, 1.54) is 0 Å². The summed E-state index contributed by atoms with van der Waals surface area (Å²) >= 11 is 0. The van der Waals surface area contributed by atoms with Crippen molar-refractivity contribution in [3.8, 4) is 5.75 Å². The van der Waals surface area contributed by atoms with Gasteiger partial charge in [0.1, 0.15) is 11.7 Å². The summed E-state index contributed by atoms with van der Waals surface area (Å²) in [6, 6.07) is 6.60. The molecule has 0 unspecified atom stereocenters. The third-order valence-electron chi connectivity index (χ3n) is 2.17. The SMILES string of the molecule is CNOc1ccc(C2C(=O)N=NC2=O)cc1. The van der Waals surface area contributed by atoms with Crippen molar-refractivity contribution >= 4 is 11.8 Å². The van der Waals surface area contributed by atoms with Crippen molar-refractivity contribution in [1.29, 1.82) is 0 Å². The van der Waals surface area contributed by atoms with Crippen molar-refractivity contribution in [2.75, 3.05) is 7.05 Å². The highest BCUT2D eigenvalue weighted by atomic mass is 16.6. The van der Waals surface area contributed by atoms with E-state index in [1.807, 2.05) is 0 Å². The van der Waals surface area contributed by atoms with Crippen LogP contribution in [-0.2, 0) is 9.59 Å². The van der Waals surface area contributed by atoms with Crippen LogP contribution in [0.3, 0.4) is 0 Å². The van der Waals surface area contributed by atoms with Gasteiger partial charge in [-0.2, -0.15) is 5.48 Å². The first-order valence-corrected chi connectivity index (χ1v) is 4.65. The summed E-state index contributed by atoms with van der Waals surface area (Å²) in [5.74, 6) is -1.33. The predicted octanol–water partition coefficient (Wildman–Crippen LogP) is 0.802. The zero-order valence-corrected chi connectivity index (χ0v) is 8.51. The molecule has 0 radical (unpaired) electrons. The molecule has 1 aliphatic rings. The van der Waals surface area contributed by atoms with Crippen LogP contribution in [0.1, 0.15) is 11.5 Å². The van der Waals surface area contributed by atoms with E-state index in [2.05, 4.69) is 15.7 Å². The standard InChI is InChI=1S/C10H9N3O3/c1-11-16-7-4-2-6(3-5-7)8-9(14)12-13-10(8)15/h2-5,8,11H,1H3. The lowest BCUT2D eigenvalue weighted by Crippen LogP contribution is -2.13. The molecular weight excluding hydrogens is 210 g/mol. The third kappa shape index (κ3) is 1.82. The minimum absolute atomic E-state index is 0.521. The number of carbonyl (C=O) groups excluding carboxylic acids is 2. The molecule has 1 aromatic carbocycles. The Morgan fingerprint density at radius 2 is 1.69 bits per heavy atom. The van der Waals surface area contributed by atoms with Gasteiger partial charge in [0, 0.05) is 7.05 Å². The second kappa shape index (κ2) is 4.19. The van der Waals surface area contributed by atoms with Crippen molar-refractivity contribution in [3.63, 3.8) is 0 Å².